The molecule has 106 valence electrons. The molecule has 2 atom stereocenters. The van der Waals surface area contributed by atoms with Crippen LogP contribution in [0.4, 0.5) is 0 Å². The molecule has 0 bridgehead atoms. The summed E-state index contributed by atoms with van der Waals surface area (Å²) < 4.78 is 10.6. The number of hydrogen-bond acceptors (Lipinski definition) is 3. The Morgan fingerprint density at radius 3 is 2.61 bits per heavy atom. The summed E-state index contributed by atoms with van der Waals surface area (Å²) in [5.74, 6) is 2.58. The van der Waals surface area contributed by atoms with Gasteiger partial charge in [0.1, 0.15) is 0 Å². The predicted octanol–water partition coefficient (Wildman–Crippen LogP) is 2.41. The van der Waals surface area contributed by atoms with E-state index in [1.807, 2.05) is 14.2 Å². The molecule has 0 aromatic rings. The summed E-state index contributed by atoms with van der Waals surface area (Å²) in [5.41, 5.74) is 0. The molecular formula is C15H29NO2. The Balaban J connectivity index is 1.65. The number of likely N-dealkylation sites (tertiary alicyclic amines) is 1. The van der Waals surface area contributed by atoms with E-state index in [1.165, 1.54) is 45.3 Å². The second-order valence-electron chi connectivity index (χ2n) is 6.26. The van der Waals surface area contributed by atoms with Crippen molar-refractivity contribution < 1.29 is 9.47 Å². The second-order valence-corrected chi connectivity index (χ2v) is 6.26. The van der Waals surface area contributed by atoms with Crippen molar-refractivity contribution in [3.8, 4) is 0 Å². The Labute approximate surface area is 112 Å². The minimum Gasteiger partial charge on any atom is -0.385 e. The number of hydrogen-bond donors (Lipinski definition) is 0. The van der Waals surface area contributed by atoms with E-state index in [-0.39, 0.29) is 0 Å². The lowest BCUT2D eigenvalue weighted by molar-refractivity contribution is -0.0186. The van der Waals surface area contributed by atoms with Gasteiger partial charge in [-0.15, -0.1) is 0 Å². The van der Waals surface area contributed by atoms with E-state index >= 15 is 0 Å². The zero-order valence-corrected chi connectivity index (χ0v) is 12.2. The van der Waals surface area contributed by atoms with E-state index in [0.717, 1.165) is 24.4 Å². The molecule has 1 aliphatic carbocycles. The van der Waals surface area contributed by atoms with Gasteiger partial charge in [0, 0.05) is 33.9 Å². The van der Waals surface area contributed by atoms with Crippen molar-refractivity contribution in [3.63, 3.8) is 0 Å². The fourth-order valence-corrected chi connectivity index (χ4v) is 3.53. The summed E-state index contributed by atoms with van der Waals surface area (Å²) in [6.07, 6.45) is 5.68. The highest BCUT2D eigenvalue weighted by Crippen LogP contribution is 2.32. The topological polar surface area (TPSA) is 21.7 Å². The number of ether oxygens (including phenoxy) is 2. The molecule has 18 heavy (non-hydrogen) atoms. The summed E-state index contributed by atoms with van der Waals surface area (Å²) in [6, 6.07) is 0. The third-order valence-electron chi connectivity index (χ3n) is 4.90. The van der Waals surface area contributed by atoms with Gasteiger partial charge in [0.05, 0.1) is 6.10 Å². The Morgan fingerprint density at radius 2 is 2.00 bits per heavy atom. The lowest BCUT2D eigenvalue weighted by Gasteiger charge is -2.42. The fraction of sp³-hybridized carbons (Fsp3) is 1.00. The Hall–Kier alpha value is -0.120. The summed E-state index contributed by atoms with van der Waals surface area (Å²) in [5, 5.41) is 0. The third-order valence-corrected chi connectivity index (χ3v) is 4.90. The van der Waals surface area contributed by atoms with E-state index in [2.05, 4.69) is 11.8 Å². The first kappa shape index (κ1) is 14.3. The molecule has 3 nitrogen and oxygen atoms in total. The van der Waals surface area contributed by atoms with Crippen LogP contribution in [0.5, 0.6) is 0 Å². The highest BCUT2D eigenvalue weighted by atomic mass is 16.5. The van der Waals surface area contributed by atoms with E-state index in [4.69, 9.17) is 9.47 Å². The molecule has 1 saturated heterocycles. The van der Waals surface area contributed by atoms with Gasteiger partial charge in [0.15, 0.2) is 0 Å². The molecule has 0 aromatic carbocycles. The van der Waals surface area contributed by atoms with Gasteiger partial charge in [0.2, 0.25) is 0 Å². The molecule has 2 fully saturated rings. The first-order valence-electron chi connectivity index (χ1n) is 7.47. The van der Waals surface area contributed by atoms with Crippen molar-refractivity contribution in [2.24, 2.45) is 17.8 Å². The van der Waals surface area contributed by atoms with Crippen LogP contribution in [0.1, 0.15) is 32.6 Å². The number of methoxy groups -OCH3 is 2. The van der Waals surface area contributed by atoms with Crippen LogP contribution in [-0.4, -0.2) is 51.5 Å². The molecule has 0 spiro atoms. The first-order chi connectivity index (χ1) is 8.72. The molecule has 0 amide bonds. The number of rotatable bonds is 6. The summed E-state index contributed by atoms with van der Waals surface area (Å²) >= 11 is 0. The quantitative estimate of drug-likeness (QED) is 0.727. The van der Waals surface area contributed by atoms with E-state index < -0.39 is 0 Å². The second kappa shape index (κ2) is 6.88. The van der Waals surface area contributed by atoms with Crippen LogP contribution in [0.25, 0.3) is 0 Å². The minimum atomic E-state index is 0.548. The van der Waals surface area contributed by atoms with Gasteiger partial charge >= 0.3 is 0 Å². The average molecular weight is 255 g/mol. The Kier molecular flexibility index (Phi) is 5.46. The van der Waals surface area contributed by atoms with Gasteiger partial charge in [-0.2, -0.15) is 0 Å². The smallest absolute Gasteiger partial charge is 0.0577 e. The molecule has 0 radical (unpaired) electrons. The van der Waals surface area contributed by atoms with E-state index in [1.54, 1.807) is 0 Å². The largest absolute Gasteiger partial charge is 0.385 e. The van der Waals surface area contributed by atoms with Gasteiger partial charge in [-0.05, 0) is 50.0 Å². The van der Waals surface area contributed by atoms with Crippen molar-refractivity contribution in [1.29, 1.82) is 0 Å². The zero-order chi connectivity index (χ0) is 13.0. The van der Waals surface area contributed by atoms with Gasteiger partial charge in [-0.1, -0.05) is 6.92 Å². The third kappa shape index (κ3) is 3.69. The predicted molar refractivity (Wildman–Crippen MR) is 73.7 cm³/mol. The van der Waals surface area contributed by atoms with Crippen molar-refractivity contribution in [1.82, 2.24) is 4.90 Å². The van der Waals surface area contributed by atoms with Crippen LogP contribution in [0.3, 0.4) is 0 Å². The van der Waals surface area contributed by atoms with E-state index in [0.29, 0.717) is 6.10 Å². The molecule has 1 aliphatic heterocycles. The number of nitrogens with zero attached hydrogens (tertiary/aromatic N) is 1. The molecule has 2 aliphatic rings. The maximum Gasteiger partial charge on any atom is 0.0577 e. The van der Waals surface area contributed by atoms with E-state index in [9.17, 15) is 0 Å². The van der Waals surface area contributed by atoms with Crippen molar-refractivity contribution >= 4 is 0 Å². The molecule has 1 heterocycles. The fourth-order valence-electron chi connectivity index (χ4n) is 3.53. The van der Waals surface area contributed by atoms with Crippen LogP contribution in [0, 0.1) is 17.8 Å². The molecule has 1 saturated carbocycles. The minimum absolute atomic E-state index is 0.548. The van der Waals surface area contributed by atoms with Gasteiger partial charge < -0.3 is 14.4 Å². The lowest BCUT2D eigenvalue weighted by Crippen LogP contribution is -2.45. The molecule has 0 N–H and O–H groups in total. The Bertz CT molecular complexity index is 241. The van der Waals surface area contributed by atoms with Gasteiger partial charge in [-0.3, -0.25) is 0 Å². The monoisotopic (exact) mass is 255 g/mol. The normalized spacial score (nSPS) is 37.5. The standard InChI is InChI=1S/C15H29NO2/c1-12-10-16(6-4-14(12)5-7-17-2)11-13-8-15(9-13)18-3/h12-15H,4-11H2,1-3H3/t12-,13-,14+,15-/m1/s1. The molecular weight excluding hydrogens is 226 g/mol. The maximum atomic E-state index is 5.36. The summed E-state index contributed by atoms with van der Waals surface area (Å²) in [4.78, 5) is 2.67. The first-order valence-corrected chi connectivity index (χ1v) is 7.47. The van der Waals surface area contributed by atoms with Crippen molar-refractivity contribution in [2.75, 3.05) is 40.5 Å². The summed E-state index contributed by atoms with van der Waals surface area (Å²) in [7, 11) is 3.65. The summed E-state index contributed by atoms with van der Waals surface area (Å²) in [6.45, 7) is 7.19. The van der Waals surface area contributed by atoms with Crippen molar-refractivity contribution in [3.05, 3.63) is 0 Å². The van der Waals surface area contributed by atoms with Crippen LogP contribution in [0.15, 0.2) is 0 Å². The maximum absolute atomic E-state index is 5.36. The van der Waals surface area contributed by atoms with Crippen molar-refractivity contribution in [2.45, 2.75) is 38.7 Å². The molecule has 3 heteroatoms. The zero-order valence-electron chi connectivity index (χ0n) is 12.2. The molecule has 0 unspecified atom stereocenters. The number of piperidine rings is 1. The van der Waals surface area contributed by atoms with Crippen LogP contribution in [0.2, 0.25) is 0 Å². The van der Waals surface area contributed by atoms with Crippen LogP contribution >= 0.6 is 0 Å². The molecule has 0 aromatic heterocycles. The Morgan fingerprint density at radius 1 is 1.22 bits per heavy atom. The van der Waals surface area contributed by atoms with Crippen LogP contribution in [-0.2, 0) is 9.47 Å². The molecule has 2 rings (SSSR count). The highest BCUT2D eigenvalue weighted by molar-refractivity contribution is 4.85. The van der Waals surface area contributed by atoms with Gasteiger partial charge in [-0.25, -0.2) is 0 Å². The van der Waals surface area contributed by atoms with Gasteiger partial charge in [0.25, 0.3) is 0 Å². The van der Waals surface area contributed by atoms with Crippen LogP contribution < -0.4 is 0 Å². The SMILES string of the molecule is COCC[C@@H]1CCN(C[C@H]2C[C@H](OC)C2)C[C@H]1C. The average Bonchev–Trinajstić information content (AvgIpc) is 2.32. The highest BCUT2D eigenvalue weighted by Gasteiger charge is 2.32. The lowest BCUT2D eigenvalue weighted by atomic mass is 9.80.